The lowest BCUT2D eigenvalue weighted by molar-refractivity contribution is -0.121. The van der Waals surface area contributed by atoms with Gasteiger partial charge in [0.05, 0.1) is 23.8 Å². The van der Waals surface area contributed by atoms with Crippen molar-refractivity contribution in [2.45, 2.75) is 4.90 Å². The number of ether oxygens (including phenoxy) is 2. The normalized spacial score (nSPS) is 16.4. The van der Waals surface area contributed by atoms with Gasteiger partial charge in [0.2, 0.25) is 10.0 Å². The first-order valence-electron chi connectivity index (χ1n) is 11.6. The minimum absolute atomic E-state index is 0.0141. The number of benzene rings is 2. The SMILES string of the molecule is NS(=O)(=O)c1cccc(Nc2cc(-c3ccc4c(c3)N(CCN3CCOCC3)C(=O)CO4)ccn2)c1. The molecule has 0 spiro atoms. The lowest BCUT2D eigenvalue weighted by Gasteiger charge is -2.33. The Kier molecular flexibility index (Phi) is 6.88. The summed E-state index contributed by atoms with van der Waals surface area (Å²) in [4.78, 5) is 21.2. The molecule has 5 rings (SSSR count). The van der Waals surface area contributed by atoms with E-state index in [0.29, 0.717) is 37.0 Å². The average Bonchev–Trinajstić information content (AvgIpc) is 2.88. The Balaban J connectivity index is 1.38. The number of sulfonamides is 1. The van der Waals surface area contributed by atoms with Crippen molar-refractivity contribution in [1.29, 1.82) is 0 Å². The molecule has 11 heteroatoms. The molecule has 1 saturated heterocycles. The number of nitrogens with two attached hydrogens (primary N) is 1. The highest BCUT2D eigenvalue weighted by Gasteiger charge is 2.26. The standard InChI is InChI=1S/C25H27N5O5S/c26-36(32,33)21-3-1-2-20(16-21)28-24-15-19(6-7-27-24)18-4-5-23-22(14-18)30(25(31)17-35-23)9-8-29-10-12-34-13-11-29/h1-7,14-16H,8-13,17H2,(H,27,28)(H2,26,32,33). The Labute approximate surface area is 209 Å². The minimum atomic E-state index is -3.81. The molecule has 188 valence electrons. The molecule has 3 heterocycles. The predicted molar refractivity (Wildman–Crippen MR) is 136 cm³/mol. The van der Waals surface area contributed by atoms with Gasteiger partial charge < -0.3 is 19.7 Å². The van der Waals surface area contributed by atoms with Gasteiger partial charge in [-0.15, -0.1) is 0 Å². The zero-order valence-electron chi connectivity index (χ0n) is 19.6. The van der Waals surface area contributed by atoms with Crippen LogP contribution in [-0.4, -0.2) is 70.2 Å². The minimum Gasteiger partial charge on any atom is -0.482 e. The molecule has 2 aliphatic rings. The number of hydrogen-bond donors (Lipinski definition) is 2. The maximum atomic E-state index is 12.7. The zero-order chi connectivity index (χ0) is 25.1. The Morgan fingerprint density at radius 2 is 1.81 bits per heavy atom. The number of pyridine rings is 1. The third-order valence-electron chi connectivity index (χ3n) is 6.17. The number of primary sulfonamides is 1. The smallest absolute Gasteiger partial charge is 0.265 e. The molecule has 1 aromatic heterocycles. The van der Waals surface area contributed by atoms with E-state index in [4.69, 9.17) is 14.6 Å². The molecule has 10 nitrogen and oxygen atoms in total. The molecule has 0 unspecified atom stereocenters. The second kappa shape index (κ2) is 10.2. The molecular weight excluding hydrogens is 482 g/mol. The van der Waals surface area contributed by atoms with Gasteiger partial charge in [0.15, 0.2) is 6.61 Å². The maximum absolute atomic E-state index is 12.7. The van der Waals surface area contributed by atoms with E-state index in [2.05, 4.69) is 15.2 Å². The number of hydrogen-bond acceptors (Lipinski definition) is 8. The number of anilines is 3. The monoisotopic (exact) mass is 509 g/mol. The third-order valence-corrected chi connectivity index (χ3v) is 7.08. The molecule has 1 amide bonds. The molecular formula is C25H27N5O5S. The van der Waals surface area contributed by atoms with E-state index in [0.717, 1.165) is 36.4 Å². The van der Waals surface area contributed by atoms with E-state index >= 15 is 0 Å². The summed E-state index contributed by atoms with van der Waals surface area (Å²) in [5, 5.41) is 8.37. The number of rotatable bonds is 7. The van der Waals surface area contributed by atoms with Gasteiger partial charge in [0.25, 0.3) is 5.91 Å². The third kappa shape index (κ3) is 5.49. The van der Waals surface area contributed by atoms with Crippen molar-refractivity contribution in [3.8, 4) is 16.9 Å². The number of amides is 1. The molecule has 2 aromatic carbocycles. The first kappa shape index (κ1) is 24.2. The average molecular weight is 510 g/mol. The summed E-state index contributed by atoms with van der Waals surface area (Å²) in [5.41, 5.74) is 3.06. The fraction of sp³-hybridized carbons (Fsp3) is 0.280. The van der Waals surface area contributed by atoms with Crippen LogP contribution >= 0.6 is 0 Å². The topological polar surface area (TPSA) is 127 Å². The van der Waals surface area contributed by atoms with E-state index in [9.17, 15) is 13.2 Å². The van der Waals surface area contributed by atoms with Crippen molar-refractivity contribution in [2.75, 3.05) is 56.2 Å². The number of carbonyl (C=O) groups is 1. The van der Waals surface area contributed by atoms with Crippen molar-refractivity contribution in [1.82, 2.24) is 9.88 Å². The second-order valence-corrected chi connectivity index (χ2v) is 10.2. The van der Waals surface area contributed by atoms with Crippen molar-refractivity contribution >= 4 is 33.1 Å². The lowest BCUT2D eigenvalue weighted by atomic mass is 10.0. The Hall–Kier alpha value is -3.51. The first-order chi connectivity index (χ1) is 17.4. The van der Waals surface area contributed by atoms with Crippen LogP contribution in [0.1, 0.15) is 0 Å². The summed E-state index contributed by atoms with van der Waals surface area (Å²) < 4.78 is 34.4. The molecule has 0 radical (unpaired) electrons. The van der Waals surface area contributed by atoms with Crippen LogP contribution in [-0.2, 0) is 19.6 Å². The van der Waals surface area contributed by atoms with E-state index in [1.165, 1.54) is 12.1 Å². The van der Waals surface area contributed by atoms with Crippen LogP contribution in [0.15, 0.2) is 65.7 Å². The van der Waals surface area contributed by atoms with Crippen LogP contribution in [0.2, 0.25) is 0 Å². The van der Waals surface area contributed by atoms with E-state index < -0.39 is 10.0 Å². The molecule has 2 aliphatic heterocycles. The summed E-state index contributed by atoms with van der Waals surface area (Å²) in [6.07, 6.45) is 1.67. The summed E-state index contributed by atoms with van der Waals surface area (Å²) in [7, 11) is -3.81. The lowest BCUT2D eigenvalue weighted by Crippen LogP contribution is -2.45. The summed E-state index contributed by atoms with van der Waals surface area (Å²) in [6.45, 7) is 4.50. The summed E-state index contributed by atoms with van der Waals surface area (Å²) in [6, 6.07) is 15.7. The van der Waals surface area contributed by atoms with E-state index in [1.807, 2.05) is 30.3 Å². The molecule has 0 atom stereocenters. The molecule has 3 aromatic rings. The van der Waals surface area contributed by atoms with Gasteiger partial charge >= 0.3 is 0 Å². The fourth-order valence-corrected chi connectivity index (χ4v) is 4.83. The largest absolute Gasteiger partial charge is 0.482 e. The number of aromatic nitrogens is 1. The van der Waals surface area contributed by atoms with Crippen LogP contribution in [0.25, 0.3) is 11.1 Å². The van der Waals surface area contributed by atoms with Gasteiger partial charge in [-0.1, -0.05) is 12.1 Å². The van der Waals surface area contributed by atoms with Gasteiger partial charge in [-0.3, -0.25) is 9.69 Å². The Morgan fingerprint density at radius 3 is 2.61 bits per heavy atom. The molecule has 0 bridgehead atoms. The van der Waals surface area contributed by atoms with Gasteiger partial charge in [-0.05, 0) is 53.6 Å². The summed E-state index contributed by atoms with van der Waals surface area (Å²) >= 11 is 0. The number of carbonyl (C=O) groups excluding carboxylic acids is 1. The van der Waals surface area contributed by atoms with Crippen molar-refractivity contribution < 1.29 is 22.7 Å². The van der Waals surface area contributed by atoms with Crippen LogP contribution < -0.4 is 20.1 Å². The zero-order valence-corrected chi connectivity index (χ0v) is 20.4. The highest BCUT2D eigenvalue weighted by Crippen LogP contribution is 2.36. The Morgan fingerprint density at radius 1 is 1.00 bits per heavy atom. The van der Waals surface area contributed by atoms with E-state index in [1.54, 1.807) is 23.2 Å². The molecule has 0 saturated carbocycles. The van der Waals surface area contributed by atoms with Crippen molar-refractivity contribution in [2.24, 2.45) is 5.14 Å². The molecule has 3 N–H and O–H groups in total. The highest BCUT2D eigenvalue weighted by atomic mass is 32.2. The van der Waals surface area contributed by atoms with Crippen LogP contribution in [0.3, 0.4) is 0 Å². The highest BCUT2D eigenvalue weighted by molar-refractivity contribution is 7.89. The van der Waals surface area contributed by atoms with Gasteiger partial charge in [-0.25, -0.2) is 18.5 Å². The predicted octanol–water partition coefficient (Wildman–Crippen LogP) is 2.20. The maximum Gasteiger partial charge on any atom is 0.265 e. The van der Waals surface area contributed by atoms with E-state index in [-0.39, 0.29) is 17.4 Å². The van der Waals surface area contributed by atoms with Crippen LogP contribution in [0.5, 0.6) is 5.75 Å². The second-order valence-electron chi connectivity index (χ2n) is 8.60. The van der Waals surface area contributed by atoms with Crippen LogP contribution in [0, 0.1) is 0 Å². The number of nitrogens with zero attached hydrogens (tertiary/aromatic N) is 3. The molecule has 1 fully saturated rings. The number of nitrogens with one attached hydrogen (secondary N) is 1. The van der Waals surface area contributed by atoms with Crippen molar-refractivity contribution in [3.63, 3.8) is 0 Å². The molecule has 0 aliphatic carbocycles. The number of fused-ring (bicyclic) bond motifs is 1. The van der Waals surface area contributed by atoms with Gasteiger partial charge in [-0.2, -0.15) is 0 Å². The molecule has 36 heavy (non-hydrogen) atoms. The number of morpholine rings is 1. The Bertz CT molecular complexity index is 1370. The van der Waals surface area contributed by atoms with Gasteiger partial charge in [0, 0.05) is 38.1 Å². The fourth-order valence-electron chi connectivity index (χ4n) is 4.27. The quantitative estimate of drug-likeness (QED) is 0.496. The first-order valence-corrected chi connectivity index (χ1v) is 13.1. The van der Waals surface area contributed by atoms with Crippen LogP contribution in [0.4, 0.5) is 17.2 Å². The van der Waals surface area contributed by atoms with Gasteiger partial charge in [0.1, 0.15) is 11.6 Å². The van der Waals surface area contributed by atoms with Crippen molar-refractivity contribution in [3.05, 3.63) is 60.8 Å². The summed E-state index contributed by atoms with van der Waals surface area (Å²) in [5.74, 6) is 1.14.